The van der Waals surface area contributed by atoms with Gasteiger partial charge in [-0.2, -0.15) is 0 Å². The quantitative estimate of drug-likeness (QED) is 0.856. The molecule has 1 aliphatic rings. The molecule has 0 radical (unpaired) electrons. The summed E-state index contributed by atoms with van der Waals surface area (Å²) < 4.78 is 12.5. The van der Waals surface area contributed by atoms with Gasteiger partial charge in [0.2, 0.25) is 0 Å². The normalized spacial score (nSPS) is 15.5. The molecule has 0 amide bonds. The lowest BCUT2D eigenvalue weighted by atomic mass is 10.3. The molecule has 2 aromatic rings. The van der Waals surface area contributed by atoms with Gasteiger partial charge in [-0.25, -0.2) is 4.98 Å². The van der Waals surface area contributed by atoms with Crippen molar-refractivity contribution in [1.82, 2.24) is 4.98 Å². The van der Waals surface area contributed by atoms with Crippen LogP contribution >= 0.6 is 11.3 Å². The summed E-state index contributed by atoms with van der Waals surface area (Å²) in [6.07, 6.45) is 5.14. The minimum atomic E-state index is 0.576. The summed E-state index contributed by atoms with van der Waals surface area (Å²) >= 11 is 1.68. The summed E-state index contributed by atoms with van der Waals surface area (Å²) in [5.74, 6) is 1.67. The lowest BCUT2D eigenvalue weighted by Crippen LogP contribution is -2.13. The molecule has 0 atom stereocenters. The van der Waals surface area contributed by atoms with Crippen LogP contribution in [-0.4, -0.2) is 24.2 Å². The molecule has 0 aliphatic heterocycles. The molecular formula is C16H22N2O2S. The number of aromatic nitrogens is 1. The first-order valence-electron chi connectivity index (χ1n) is 7.77. The van der Waals surface area contributed by atoms with Crippen molar-refractivity contribution in [2.24, 2.45) is 0 Å². The zero-order valence-corrected chi connectivity index (χ0v) is 13.5. The van der Waals surface area contributed by atoms with E-state index in [0.717, 1.165) is 26.8 Å². The number of nitrogens with zero attached hydrogens (tertiary/aromatic N) is 1. The van der Waals surface area contributed by atoms with Gasteiger partial charge >= 0.3 is 0 Å². The van der Waals surface area contributed by atoms with Crippen molar-refractivity contribution in [3.05, 3.63) is 12.1 Å². The van der Waals surface area contributed by atoms with E-state index in [4.69, 9.17) is 14.5 Å². The zero-order valence-electron chi connectivity index (χ0n) is 12.6. The Morgan fingerprint density at radius 1 is 1.19 bits per heavy atom. The summed E-state index contributed by atoms with van der Waals surface area (Å²) in [6.45, 7) is 5.27. The highest BCUT2D eigenvalue weighted by Crippen LogP contribution is 2.37. The summed E-state index contributed by atoms with van der Waals surface area (Å²) in [5.41, 5.74) is 0.936. The number of ether oxygens (including phenoxy) is 2. The molecule has 1 aromatic carbocycles. The zero-order chi connectivity index (χ0) is 14.7. The second-order valence-electron chi connectivity index (χ2n) is 5.28. The van der Waals surface area contributed by atoms with E-state index < -0.39 is 0 Å². The largest absolute Gasteiger partial charge is 0.494 e. The summed E-state index contributed by atoms with van der Waals surface area (Å²) in [4.78, 5) is 4.72. The van der Waals surface area contributed by atoms with E-state index >= 15 is 0 Å². The molecule has 1 heterocycles. The monoisotopic (exact) mass is 306 g/mol. The summed E-state index contributed by atoms with van der Waals surface area (Å²) in [7, 11) is 0. The summed E-state index contributed by atoms with van der Waals surface area (Å²) in [5, 5.41) is 4.55. The molecule has 3 rings (SSSR count). The molecule has 0 unspecified atom stereocenters. The standard InChI is InChI=1S/C16H22N2O2S/c1-3-19-12-9-13(20-4-2)15-14(10-12)21-16(18-15)17-11-7-5-6-8-11/h9-11H,3-8H2,1-2H3,(H,17,18). The van der Waals surface area contributed by atoms with E-state index in [0.29, 0.717) is 19.3 Å². The Morgan fingerprint density at radius 3 is 2.67 bits per heavy atom. The average molecular weight is 306 g/mol. The van der Waals surface area contributed by atoms with Crippen molar-refractivity contribution in [3.8, 4) is 11.5 Å². The Bertz CT molecular complexity index is 606. The van der Waals surface area contributed by atoms with Gasteiger partial charge in [0, 0.05) is 12.1 Å². The molecule has 1 aromatic heterocycles. The molecular weight excluding hydrogens is 284 g/mol. The van der Waals surface area contributed by atoms with Crippen LogP contribution < -0.4 is 14.8 Å². The van der Waals surface area contributed by atoms with E-state index in [1.54, 1.807) is 11.3 Å². The Morgan fingerprint density at radius 2 is 1.95 bits per heavy atom. The highest BCUT2D eigenvalue weighted by atomic mass is 32.1. The predicted molar refractivity (Wildman–Crippen MR) is 87.8 cm³/mol. The van der Waals surface area contributed by atoms with Gasteiger partial charge in [-0.15, -0.1) is 0 Å². The Kier molecular flexibility index (Phi) is 4.48. The summed E-state index contributed by atoms with van der Waals surface area (Å²) in [6, 6.07) is 4.57. The first kappa shape index (κ1) is 14.4. The fourth-order valence-corrected chi connectivity index (χ4v) is 3.79. The van der Waals surface area contributed by atoms with Gasteiger partial charge in [-0.05, 0) is 32.8 Å². The van der Waals surface area contributed by atoms with E-state index in [2.05, 4.69) is 11.4 Å². The Hall–Kier alpha value is -1.49. The second kappa shape index (κ2) is 6.52. The minimum absolute atomic E-state index is 0.576. The fourth-order valence-electron chi connectivity index (χ4n) is 2.80. The fraction of sp³-hybridized carbons (Fsp3) is 0.562. The van der Waals surface area contributed by atoms with Crippen LogP contribution in [0.1, 0.15) is 39.5 Å². The lowest BCUT2D eigenvalue weighted by Gasteiger charge is -2.09. The van der Waals surface area contributed by atoms with Crippen LogP contribution in [0.5, 0.6) is 11.5 Å². The van der Waals surface area contributed by atoms with E-state index in [1.807, 2.05) is 19.9 Å². The van der Waals surface area contributed by atoms with Gasteiger partial charge in [0.1, 0.15) is 17.0 Å². The van der Waals surface area contributed by atoms with Gasteiger partial charge in [0.25, 0.3) is 0 Å². The molecule has 0 spiro atoms. The predicted octanol–water partition coefficient (Wildman–Crippen LogP) is 4.45. The van der Waals surface area contributed by atoms with Crippen LogP contribution in [0.25, 0.3) is 10.2 Å². The highest BCUT2D eigenvalue weighted by molar-refractivity contribution is 7.22. The maximum atomic E-state index is 5.73. The minimum Gasteiger partial charge on any atom is -0.494 e. The molecule has 5 heteroatoms. The van der Waals surface area contributed by atoms with Crippen molar-refractivity contribution in [2.75, 3.05) is 18.5 Å². The lowest BCUT2D eigenvalue weighted by molar-refractivity contribution is 0.326. The third-order valence-corrected chi connectivity index (χ3v) is 4.66. The average Bonchev–Trinajstić information content (AvgIpc) is 3.09. The maximum absolute atomic E-state index is 5.73. The van der Waals surface area contributed by atoms with Crippen LogP contribution in [0.4, 0.5) is 5.13 Å². The van der Waals surface area contributed by atoms with Gasteiger partial charge < -0.3 is 14.8 Å². The van der Waals surface area contributed by atoms with Crippen LogP contribution in [0.2, 0.25) is 0 Å². The second-order valence-corrected chi connectivity index (χ2v) is 6.31. The van der Waals surface area contributed by atoms with Crippen molar-refractivity contribution >= 4 is 26.7 Å². The number of rotatable bonds is 6. The number of hydrogen-bond acceptors (Lipinski definition) is 5. The number of fused-ring (bicyclic) bond motifs is 1. The Labute approximate surface area is 129 Å². The van der Waals surface area contributed by atoms with Crippen LogP contribution in [0.15, 0.2) is 12.1 Å². The van der Waals surface area contributed by atoms with E-state index in [-0.39, 0.29) is 0 Å². The van der Waals surface area contributed by atoms with Crippen LogP contribution in [-0.2, 0) is 0 Å². The molecule has 0 bridgehead atoms. The molecule has 1 fully saturated rings. The number of nitrogens with one attached hydrogen (secondary N) is 1. The number of hydrogen-bond donors (Lipinski definition) is 1. The van der Waals surface area contributed by atoms with Crippen molar-refractivity contribution in [1.29, 1.82) is 0 Å². The van der Waals surface area contributed by atoms with Crippen molar-refractivity contribution in [2.45, 2.75) is 45.6 Å². The van der Waals surface area contributed by atoms with Crippen molar-refractivity contribution < 1.29 is 9.47 Å². The molecule has 114 valence electrons. The topological polar surface area (TPSA) is 43.4 Å². The molecule has 1 N–H and O–H groups in total. The maximum Gasteiger partial charge on any atom is 0.184 e. The first-order chi connectivity index (χ1) is 10.3. The number of thiazole rings is 1. The molecule has 1 saturated carbocycles. The first-order valence-corrected chi connectivity index (χ1v) is 8.58. The highest BCUT2D eigenvalue weighted by Gasteiger charge is 2.18. The molecule has 1 aliphatic carbocycles. The van der Waals surface area contributed by atoms with E-state index in [9.17, 15) is 0 Å². The van der Waals surface area contributed by atoms with Crippen LogP contribution in [0, 0.1) is 0 Å². The molecule has 4 nitrogen and oxygen atoms in total. The molecule has 21 heavy (non-hydrogen) atoms. The van der Waals surface area contributed by atoms with Gasteiger partial charge in [0.15, 0.2) is 5.13 Å². The number of benzene rings is 1. The van der Waals surface area contributed by atoms with Crippen LogP contribution in [0.3, 0.4) is 0 Å². The third kappa shape index (κ3) is 3.23. The van der Waals surface area contributed by atoms with Crippen molar-refractivity contribution in [3.63, 3.8) is 0 Å². The Balaban J connectivity index is 1.91. The smallest absolute Gasteiger partial charge is 0.184 e. The SMILES string of the molecule is CCOc1cc(OCC)c2nc(NC3CCCC3)sc2c1. The molecule has 0 saturated heterocycles. The van der Waals surface area contributed by atoms with E-state index in [1.165, 1.54) is 25.7 Å². The van der Waals surface area contributed by atoms with Gasteiger partial charge in [-0.1, -0.05) is 24.2 Å². The van der Waals surface area contributed by atoms with Gasteiger partial charge in [0.05, 0.1) is 17.9 Å². The number of anilines is 1. The third-order valence-electron chi connectivity index (χ3n) is 3.73. The van der Waals surface area contributed by atoms with Gasteiger partial charge in [-0.3, -0.25) is 0 Å².